The van der Waals surface area contributed by atoms with Crippen molar-refractivity contribution < 1.29 is 9.53 Å². The summed E-state index contributed by atoms with van der Waals surface area (Å²) in [7, 11) is 0. The van der Waals surface area contributed by atoms with Gasteiger partial charge in [0.25, 0.3) is 5.91 Å². The molecule has 6 heteroatoms. The van der Waals surface area contributed by atoms with Gasteiger partial charge in [-0.3, -0.25) is 4.79 Å². The molecule has 4 nitrogen and oxygen atoms in total. The second kappa shape index (κ2) is 8.34. The van der Waals surface area contributed by atoms with Crippen LogP contribution >= 0.6 is 28.3 Å². The van der Waals surface area contributed by atoms with E-state index in [-0.39, 0.29) is 24.4 Å². The van der Waals surface area contributed by atoms with Crippen molar-refractivity contribution in [2.75, 3.05) is 13.1 Å². The van der Waals surface area contributed by atoms with Gasteiger partial charge in [-0.1, -0.05) is 15.9 Å². The fourth-order valence-electron chi connectivity index (χ4n) is 1.32. The van der Waals surface area contributed by atoms with Crippen molar-refractivity contribution in [2.45, 2.75) is 20.0 Å². The molecule has 0 aliphatic rings. The van der Waals surface area contributed by atoms with Gasteiger partial charge >= 0.3 is 0 Å². The van der Waals surface area contributed by atoms with Crippen LogP contribution in [0.5, 0.6) is 5.75 Å². The highest BCUT2D eigenvalue weighted by atomic mass is 79.9. The van der Waals surface area contributed by atoms with Crippen LogP contribution in [0.4, 0.5) is 0 Å². The summed E-state index contributed by atoms with van der Waals surface area (Å²) in [6.07, 6.45) is 0.0189. The highest BCUT2D eigenvalue weighted by Crippen LogP contribution is 2.24. The lowest BCUT2D eigenvalue weighted by Gasteiger charge is -2.14. The molecule has 18 heavy (non-hydrogen) atoms. The van der Waals surface area contributed by atoms with E-state index in [1.807, 2.05) is 19.9 Å². The van der Waals surface area contributed by atoms with Gasteiger partial charge in [0.2, 0.25) is 0 Å². The van der Waals surface area contributed by atoms with Crippen LogP contribution in [0.2, 0.25) is 0 Å². The van der Waals surface area contributed by atoms with E-state index in [1.54, 1.807) is 12.1 Å². The Morgan fingerprint density at radius 3 is 2.72 bits per heavy atom. The molecule has 0 spiro atoms. The lowest BCUT2D eigenvalue weighted by molar-refractivity contribution is 0.0949. The lowest BCUT2D eigenvalue weighted by Crippen LogP contribution is -2.29. The van der Waals surface area contributed by atoms with E-state index in [1.165, 1.54) is 0 Å². The monoisotopic (exact) mass is 336 g/mol. The van der Waals surface area contributed by atoms with E-state index >= 15 is 0 Å². The fourth-order valence-corrected chi connectivity index (χ4v) is 1.66. The molecule has 0 unspecified atom stereocenters. The molecular formula is C12H18BrClN2O2. The van der Waals surface area contributed by atoms with Crippen molar-refractivity contribution >= 4 is 34.2 Å². The Balaban J connectivity index is 0.00000289. The molecule has 1 amide bonds. The summed E-state index contributed by atoms with van der Waals surface area (Å²) in [5.74, 6) is 0.405. The Morgan fingerprint density at radius 2 is 2.17 bits per heavy atom. The maximum Gasteiger partial charge on any atom is 0.255 e. The molecule has 0 saturated carbocycles. The number of hydrogen-bond acceptors (Lipinski definition) is 3. The fraction of sp³-hybridized carbons (Fsp3) is 0.417. The summed E-state index contributed by atoms with van der Waals surface area (Å²) in [5, 5.41) is 2.72. The summed E-state index contributed by atoms with van der Waals surface area (Å²) >= 11 is 3.36. The van der Waals surface area contributed by atoms with E-state index < -0.39 is 0 Å². The van der Waals surface area contributed by atoms with E-state index in [2.05, 4.69) is 21.2 Å². The van der Waals surface area contributed by atoms with Gasteiger partial charge in [0.1, 0.15) is 5.75 Å². The van der Waals surface area contributed by atoms with Crippen molar-refractivity contribution in [3.8, 4) is 5.75 Å². The summed E-state index contributed by atoms with van der Waals surface area (Å²) in [6.45, 7) is 4.71. The molecule has 0 heterocycles. The molecule has 0 fully saturated rings. The van der Waals surface area contributed by atoms with Crippen molar-refractivity contribution in [2.24, 2.45) is 5.73 Å². The van der Waals surface area contributed by atoms with E-state index in [4.69, 9.17) is 10.5 Å². The Morgan fingerprint density at radius 1 is 1.50 bits per heavy atom. The molecular weight excluding hydrogens is 320 g/mol. The van der Waals surface area contributed by atoms with Gasteiger partial charge in [-0.05, 0) is 32.0 Å². The van der Waals surface area contributed by atoms with Gasteiger partial charge in [-0.25, -0.2) is 0 Å². The number of ether oxygens (including phenoxy) is 1. The zero-order valence-electron chi connectivity index (χ0n) is 10.4. The first-order chi connectivity index (χ1) is 8.04. The van der Waals surface area contributed by atoms with Crippen LogP contribution in [-0.2, 0) is 0 Å². The van der Waals surface area contributed by atoms with Crippen LogP contribution in [-0.4, -0.2) is 25.1 Å². The average Bonchev–Trinajstić information content (AvgIpc) is 2.25. The number of benzene rings is 1. The first-order valence-electron chi connectivity index (χ1n) is 5.49. The first-order valence-corrected chi connectivity index (χ1v) is 6.28. The van der Waals surface area contributed by atoms with Crippen LogP contribution in [0.3, 0.4) is 0 Å². The predicted octanol–water partition coefficient (Wildman–Crippen LogP) is 2.35. The number of hydrogen-bond donors (Lipinski definition) is 2. The standard InChI is InChI=1S/C12H17BrN2O2.ClH/c1-8(2)17-11-7-9(13)3-4-10(11)12(16)15-6-5-14;/h3-4,7-8H,5-6,14H2,1-2H3,(H,15,16);1H. The van der Waals surface area contributed by atoms with Gasteiger partial charge in [0.15, 0.2) is 0 Å². The Hall–Kier alpha value is -0.780. The number of amides is 1. The average molecular weight is 338 g/mol. The number of halogens is 2. The van der Waals surface area contributed by atoms with Gasteiger partial charge in [-0.15, -0.1) is 12.4 Å². The minimum absolute atomic E-state index is 0. The minimum Gasteiger partial charge on any atom is -0.490 e. The van der Waals surface area contributed by atoms with Crippen molar-refractivity contribution in [3.05, 3.63) is 28.2 Å². The zero-order chi connectivity index (χ0) is 12.8. The van der Waals surface area contributed by atoms with Crippen LogP contribution in [0.15, 0.2) is 22.7 Å². The van der Waals surface area contributed by atoms with E-state index in [0.29, 0.717) is 24.4 Å². The molecule has 1 aromatic carbocycles. The molecule has 0 bridgehead atoms. The quantitative estimate of drug-likeness (QED) is 0.867. The number of nitrogens with one attached hydrogen (secondary N) is 1. The van der Waals surface area contributed by atoms with E-state index in [0.717, 1.165) is 4.47 Å². The molecule has 3 N–H and O–H groups in total. The molecule has 0 atom stereocenters. The van der Waals surface area contributed by atoms with Crippen molar-refractivity contribution in [1.82, 2.24) is 5.32 Å². The molecule has 0 aliphatic carbocycles. The Bertz CT molecular complexity index is 400. The van der Waals surface area contributed by atoms with Gasteiger partial charge < -0.3 is 15.8 Å². The van der Waals surface area contributed by atoms with Crippen molar-refractivity contribution in [3.63, 3.8) is 0 Å². The smallest absolute Gasteiger partial charge is 0.255 e. The molecule has 102 valence electrons. The van der Waals surface area contributed by atoms with Gasteiger partial charge in [-0.2, -0.15) is 0 Å². The number of carbonyl (C=O) groups excluding carboxylic acids is 1. The summed E-state index contributed by atoms with van der Waals surface area (Å²) in [6, 6.07) is 5.33. The SMILES string of the molecule is CC(C)Oc1cc(Br)ccc1C(=O)NCCN.Cl. The first kappa shape index (κ1) is 17.2. The van der Waals surface area contributed by atoms with Crippen LogP contribution in [0.25, 0.3) is 0 Å². The summed E-state index contributed by atoms with van der Waals surface area (Å²) in [5.41, 5.74) is 5.87. The molecule has 0 saturated heterocycles. The normalized spacial score (nSPS) is 9.83. The molecule has 0 aromatic heterocycles. The highest BCUT2D eigenvalue weighted by Gasteiger charge is 2.13. The Labute approximate surface area is 122 Å². The third-order valence-corrected chi connectivity index (χ3v) is 2.47. The molecule has 0 aliphatic heterocycles. The predicted molar refractivity (Wildman–Crippen MR) is 78.5 cm³/mol. The second-order valence-corrected chi connectivity index (χ2v) is 4.77. The molecule has 0 radical (unpaired) electrons. The number of rotatable bonds is 5. The number of nitrogens with two attached hydrogens (primary N) is 1. The van der Waals surface area contributed by atoms with Gasteiger partial charge in [0.05, 0.1) is 11.7 Å². The summed E-state index contributed by atoms with van der Waals surface area (Å²) < 4.78 is 6.48. The number of carbonyl (C=O) groups is 1. The maximum absolute atomic E-state index is 11.9. The largest absolute Gasteiger partial charge is 0.490 e. The molecule has 1 aromatic rings. The zero-order valence-corrected chi connectivity index (χ0v) is 12.8. The lowest BCUT2D eigenvalue weighted by atomic mass is 10.2. The third kappa shape index (κ3) is 5.25. The Kier molecular flexibility index (Phi) is 7.98. The van der Waals surface area contributed by atoms with Crippen molar-refractivity contribution in [1.29, 1.82) is 0 Å². The topological polar surface area (TPSA) is 64.3 Å². The minimum atomic E-state index is -0.168. The molecule has 1 rings (SSSR count). The maximum atomic E-state index is 11.9. The summed E-state index contributed by atoms with van der Waals surface area (Å²) in [4.78, 5) is 11.9. The van der Waals surface area contributed by atoms with E-state index in [9.17, 15) is 4.79 Å². The van der Waals surface area contributed by atoms with Crippen LogP contribution in [0.1, 0.15) is 24.2 Å². The second-order valence-electron chi connectivity index (χ2n) is 3.85. The third-order valence-electron chi connectivity index (χ3n) is 1.98. The highest BCUT2D eigenvalue weighted by molar-refractivity contribution is 9.10. The van der Waals surface area contributed by atoms with Crippen LogP contribution < -0.4 is 15.8 Å². The van der Waals surface area contributed by atoms with Gasteiger partial charge in [0, 0.05) is 17.6 Å². The van der Waals surface area contributed by atoms with Crippen LogP contribution in [0, 0.1) is 0 Å².